The minimum Gasteiger partial charge on any atom is -0.444 e. The van der Waals surface area contributed by atoms with Crippen molar-refractivity contribution in [1.29, 1.82) is 0 Å². The van der Waals surface area contributed by atoms with Crippen molar-refractivity contribution in [3.05, 3.63) is 52.9 Å². The highest BCUT2D eigenvalue weighted by Gasteiger charge is 2.39. The summed E-state index contributed by atoms with van der Waals surface area (Å²) in [5, 5.41) is 12.5. The summed E-state index contributed by atoms with van der Waals surface area (Å²) in [6.45, 7) is 3.27. The van der Waals surface area contributed by atoms with Gasteiger partial charge in [-0.25, -0.2) is 18.9 Å². The molecule has 0 saturated heterocycles. The van der Waals surface area contributed by atoms with Crippen LogP contribution in [-0.4, -0.2) is 55.2 Å². The van der Waals surface area contributed by atoms with Crippen LogP contribution < -0.4 is 15.2 Å². The lowest BCUT2D eigenvalue weighted by Crippen LogP contribution is -2.62. The second-order valence-corrected chi connectivity index (χ2v) is 10.4. The van der Waals surface area contributed by atoms with Crippen molar-refractivity contribution in [3.63, 3.8) is 0 Å². The van der Waals surface area contributed by atoms with Crippen LogP contribution in [0.15, 0.2) is 51.6 Å². The maximum Gasteiger partial charge on any atom is 0.287 e. The number of hydrogen-bond acceptors (Lipinski definition) is 7. The number of nitrogens with one attached hydrogen (secondary N) is 2. The van der Waals surface area contributed by atoms with E-state index in [-0.39, 0.29) is 23.8 Å². The van der Waals surface area contributed by atoms with Crippen LogP contribution in [0.4, 0.5) is 5.69 Å². The topological polar surface area (TPSA) is 149 Å². The first-order valence-corrected chi connectivity index (χ1v) is 12.9. The molecule has 0 bridgehead atoms. The van der Waals surface area contributed by atoms with E-state index in [1.165, 1.54) is 29.7 Å². The van der Waals surface area contributed by atoms with Crippen LogP contribution in [0.5, 0.6) is 0 Å². The minimum atomic E-state index is -4.14. The average Bonchev–Trinajstić information content (AvgIpc) is 3.22. The predicted octanol–water partition coefficient (Wildman–Crippen LogP) is 2.29. The van der Waals surface area contributed by atoms with Crippen molar-refractivity contribution in [1.82, 2.24) is 15.8 Å². The highest BCUT2D eigenvalue weighted by molar-refractivity contribution is 9.10. The van der Waals surface area contributed by atoms with E-state index in [1.807, 2.05) is 13.8 Å². The van der Waals surface area contributed by atoms with Gasteiger partial charge in [0.05, 0.1) is 11.9 Å². The molecule has 0 unspecified atom stereocenters. The molecule has 2 rings (SSSR count). The molecule has 0 aliphatic rings. The summed E-state index contributed by atoms with van der Waals surface area (Å²) in [6.07, 6.45) is 1.22. The molecule has 1 aromatic heterocycles. The summed E-state index contributed by atoms with van der Waals surface area (Å²) in [5.74, 6) is -2.44. The molecule has 3 N–H and O–H groups in total. The number of hydrazine groups is 1. The van der Waals surface area contributed by atoms with Crippen molar-refractivity contribution in [2.45, 2.75) is 32.7 Å². The molecule has 0 aliphatic heterocycles. The quantitative estimate of drug-likeness (QED) is 0.283. The highest BCUT2D eigenvalue weighted by atomic mass is 79.9. The Morgan fingerprint density at radius 1 is 1.12 bits per heavy atom. The van der Waals surface area contributed by atoms with Gasteiger partial charge in [0, 0.05) is 13.0 Å². The Balaban J connectivity index is 2.50. The Bertz CT molecular complexity index is 1110. The molecule has 1 atom stereocenters. The van der Waals surface area contributed by atoms with Crippen LogP contribution in [0.1, 0.15) is 37.2 Å². The monoisotopic (exact) mass is 558 g/mol. The predicted molar refractivity (Wildman–Crippen MR) is 127 cm³/mol. The molecule has 1 heterocycles. The normalized spacial score (nSPS) is 12.2. The molecule has 0 spiro atoms. The summed E-state index contributed by atoms with van der Waals surface area (Å²) >= 11 is 3.08. The summed E-state index contributed by atoms with van der Waals surface area (Å²) in [4.78, 5) is 38.4. The first kappa shape index (κ1) is 27.3. The Morgan fingerprint density at radius 3 is 2.26 bits per heavy atom. The zero-order valence-electron chi connectivity index (χ0n) is 18.9. The van der Waals surface area contributed by atoms with E-state index in [4.69, 9.17) is 4.42 Å². The van der Waals surface area contributed by atoms with Crippen molar-refractivity contribution in [2.75, 3.05) is 17.2 Å². The first-order chi connectivity index (χ1) is 16.0. The smallest absolute Gasteiger partial charge is 0.287 e. The van der Waals surface area contributed by atoms with Crippen LogP contribution >= 0.6 is 15.9 Å². The van der Waals surface area contributed by atoms with Crippen molar-refractivity contribution in [3.8, 4) is 0 Å². The Labute approximate surface area is 206 Å². The van der Waals surface area contributed by atoms with Gasteiger partial charge in [0.1, 0.15) is 0 Å². The molecule has 0 saturated carbocycles. The zero-order chi connectivity index (χ0) is 25.5. The molecule has 1 aromatic carbocycles. The van der Waals surface area contributed by atoms with Gasteiger partial charge in [0.25, 0.3) is 11.8 Å². The number of amides is 3. The lowest BCUT2D eigenvalue weighted by molar-refractivity contribution is -0.144. The second-order valence-electron chi connectivity index (χ2n) is 7.82. The number of para-hydroxylation sites is 1. The average molecular weight is 559 g/mol. The fourth-order valence-electron chi connectivity index (χ4n) is 3.04. The molecule has 186 valence electrons. The number of nitrogens with zero attached hydrogens (tertiary/aromatic N) is 2. The lowest BCUT2D eigenvalue weighted by Gasteiger charge is -2.39. The van der Waals surface area contributed by atoms with E-state index in [0.717, 1.165) is 11.3 Å². The molecule has 34 heavy (non-hydrogen) atoms. The molecule has 0 radical (unpaired) electrons. The molecule has 2 aromatic rings. The summed E-state index contributed by atoms with van der Waals surface area (Å²) < 4.78 is 31.8. The van der Waals surface area contributed by atoms with Gasteiger partial charge in [0.15, 0.2) is 16.5 Å². The molecular weight excluding hydrogens is 532 g/mol. The number of sulfonamides is 1. The maximum atomic E-state index is 13.3. The molecular formula is C21H27BrN4O7S. The molecule has 3 amide bonds. The van der Waals surface area contributed by atoms with Gasteiger partial charge >= 0.3 is 0 Å². The highest BCUT2D eigenvalue weighted by Crippen LogP contribution is 2.24. The van der Waals surface area contributed by atoms with Gasteiger partial charge in [-0.1, -0.05) is 32.0 Å². The fraction of sp³-hybridized carbons (Fsp3) is 0.381. The number of benzene rings is 1. The van der Waals surface area contributed by atoms with Crippen LogP contribution in [0, 0.1) is 5.92 Å². The van der Waals surface area contributed by atoms with Crippen molar-refractivity contribution < 1.29 is 32.4 Å². The van der Waals surface area contributed by atoms with Gasteiger partial charge < -0.3 is 9.73 Å². The van der Waals surface area contributed by atoms with Crippen LogP contribution in [0.25, 0.3) is 0 Å². The van der Waals surface area contributed by atoms with Crippen LogP contribution in [0.2, 0.25) is 0 Å². The summed E-state index contributed by atoms with van der Waals surface area (Å²) in [5.41, 5.74) is 1.55. The maximum absolute atomic E-state index is 13.3. The number of furan rings is 1. The van der Waals surface area contributed by atoms with Crippen LogP contribution in [-0.2, 0) is 19.6 Å². The summed E-state index contributed by atoms with van der Waals surface area (Å²) in [6, 6.07) is 8.99. The van der Waals surface area contributed by atoms with E-state index in [1.54, 1.807) is 18.2 Å². The van der Waals surface area contributed by atoms with Crippen molar-refractivity contribution in [2.24, 2.45) is 5.92 Å². The van der Waals surface area contributed by atoms with E-state index in [2.05, 4.69) is 21.2 Å². The number of rotatable bonds is 11. The van der Waals surface area contributed by atoms with Crippen LogP contribution in [0.3, 0.4) is 0 Å². The Morgan fingerprint density at radius 2 is 1.76 bits per heavy atom. The molecule has 11 nitrogen and oxygen atoms in total. The van der Waals surface area contributed by atoms with Gasteiger partial charge in [-0.3, -0.25) is 19.6 Å². The fourth-order valence-corrected chi connectivity index (χ4v) is 4.37. The van der Waals surface area contributed by atoms with Gasteiger partial charge in [-0.2, -0.15) is 4.41 Å². The largest absolute Gasteiger partial charge is 0.444 e. The first-order valence-electron chi connectivity index (χ1n) is 10.3. The Kier molecular flexibility index (Phi) is 9.65. The summed E-state index contributed by atoms with van der Waals surface area (Å²) in [7, 11) is -4.14. The number of carbonyl (C=O) groups is 3. The third kappa shape index (κ3) is 7.30. The SMILES string of the molecule is CC(C)CCC(=O)N([C@H](CNC(=O)c1ccc(Br)o1)C(=O)NO)N(c1ccccc1)S(C)(=O)=O. The number of carbonyl (C=O) groups excluding carboxylic acids is 3. The molecule has 13 heteroatoms. The Hall–Kier alpha value is -2.90. The van der Waals surface area contributed by atoms with E-state index >= 15 is 0 Å². The zero-order valence-corrected chi connectivity index (χ0v) is 21.3. The molecule has 0 fully saturated rings. The molecule has 0 aliphatic carbocycles. The lowest BCUT2D eigenvalue weighted by atomic mass is 10.1. The van der Waals surface area contributed by atoms with Crippen molar-refractivity contribution >= 4 is 49.4 Å². The van der Waals surface area contributed by atoms with E-state index < -0.39 is 40.3 Å². The minimum absolute atomic E-state index is 0.0734. The van der Waals surface area contributed by atoms with E-state index in [0.29, 0.717) is 15.5 Å². The number of hydroxylamine groups is 1. The third-order valence-electron chi connectivity index (χ3n) is 4.64. The van der Waals surface area contributed by atoms with E-state index in [9.17, 15) is 28.0 Å². The third-order valence-corrected chi connectivity index (χ3v) is 6.08. The van der Waals surface area contributed by atoms with Gasteiger partial charge in [-0.15, -0.1) is 0 Å². The van der Waals surface area contributed by atoms with Gasteiger partial charge in [-0.05, 0) is 52.5 Å². The standard InChI is InChI=1S/C21H27BrN4O7S/c1-14(2)9-12-19(27)25(26(34(3,31)32)15-7-5-4-6-8-15)16(20(28)24-30)13-23-21(29)17-10-11-18(22)33-17/h4-8,10-11,14,16,30H,9,12-13H2,1-3H3,(H,23,29)(H,24,28)/t16-/m1/s1. The number of halogens is 1. The number of anilines is 1. The van der Waals surface area contributed by atoms with Gasteiger partial charge in [0.2, 0.25) is 15.9 Å². The number of hydrogen-bond donors (Lipinski definition) is 3. The second kappa shape index (κ2) is 12.0.